The van der Waals surface area contributed by atoms with Crippen molar-refractivity contribution in [2.24, 2.45) is 5.73 Å². The molecule has 1 saturated heterocycles. The number of rotatable bonds is 4. The predicted octanol–water partition coefficient (Wildman–Crippen LogP) is 2.14. The van der Waals surface area contributed by atoms with Crippen LogP contribution in [0.15, 0.2) is 27.6 Å². The van der Waals surface area contributed by atoms with E-state index in [1.165, 1.54) is 16.4 Å². The average Bonchev–Trinajstić information content (AvgIpc) is 2.49. The summed E-state index contributed by atoms with van der Waals surface area (Å²) in [4.78, 5) is -0.0579. The fraction of sp³-hybridized carbons (Fsp3) is 0.538. The SMILES string of the molecule is COC1CCN(S(=O)(=O)c2ccc(Br)c(F)c2)C(CN)C1.Cl. The lowest BCUT2D eigenvalue weighted by atomic mass is 10.0. The van der Waals surface area contributed by atoms with E-state index in [1.54, 1.807) is 7.11 Å². The van der Waals surface area contributed by atoms with Crippen LogP contribution in [-0.2, 0) is 14.8 Å². The third kappa shape index (κ3) is 3.98. The van der Waals surface area contributed by atoms with Crippen molar-refractivity contribution >= 4 is 38.4 Å². The van der Waals surface area contributed by atoms with E-state index in [4.69, 9.17) is 10.5 Å². The first-order chi connectivity index (χ1) is 9.90. The summed E-state index contributed by atoms with van der Waals surface area (Å²) in [5.41, 5.74) is 5.70. The van der Waals surface area contributed by atoms with Gasteiger partial charge in [0.2, 0.25) is 10.0 Å². The zero-order chi connectivity index (χ0) is 15.6. The highest BCUT2D eigenvalue weighted by atomic mass is 79.9. The molecule has 2 rings (SSSR count). The summed E-state index contributed by atoms with van der Waals surface area (Å²) < 4.78 is 45.8. The second-order valence-electron chi connectivity index (χ2n) is 4.96. The third-order valence-electron chi connectivity index (χ3n) is 3.72. The minimum absolute atomic E-state index is 0. The highest BCUT2D eigenvalue weighted by Gasteiger charge is 2.36. The van der Waals surface area contributed by atoms with Gasteiger partial charge in [-0.25, -0.2) is 12.8 Å². The van der Waals surface area contributed by atoms with Gasteiger partial charge >= 0.3 is 0 Å². The van der Waals surface area contributed by atoms with Gasteiger partial charge in [-0.05, 0) is 47.0 Å². The van der Waals surface area contributed by atoms with Gasteiger partial charge in [0, 0.05) is 26.2 Å². The molecular formula is C13H19BrClFN2O3S. The molecule has 2 unspecified atom stereocenters. The van der Waals surface area contributed by atoms with Gasteiger partial charge in [-0.3, -0.25) is 0 Å². The maximum absolute atomic E-state index is 13.6. The van der Waals surface area contributed by atoms with Crippen LogP contribution in [0.5, 0.6) is 0 Å². The van der Waals surface area contributed by atoms with E-state index in [0.717, 1.165) is 6.07 Å². The van der Waals surface area contributed by atoms with Crippen LogP contribution >= 0.6 is 28.3 Å². The average molecular weight is 418 g/mol. The van der Waals surface area contributed by atoms with Crippen LogP contribution in [-0.4, -0.2) is 45.1 Å². The maximum Gasteiger partial charge on any atom is 0.243 e. The van der Waals surface area contributed by atoms with Gasteiger partial charge in [-0.2, -0.15) is 4.31 Å². The molecule has 0 saturated carbocycles. The molecule has 0 bridgehead atoms. The molecule has 9 heteroatoms. The van der Waals surface area contributed by atoms with E-state index in [1.807, 2.05) is 0 Å². The number of nitrogens with zero attached hydrogens (tertiary/aromatic N) is 1. The number of halogens is 3. The van der Waals surface area contributed by atoms with Crippen LogP contribution in [0.2, 0.25) is 0 Å². The number of sulfonamides is 1. The lowest BCUT2D eigenvalue weighted by Gasteiger charge is -2.37. The summed E-state index contributed by atoms with van der Waals surface area (Å²) in [6, 6.07) is 3.47. The number of hydrogen-bond acceptors (Lipinski definition) is 4. The van der Waals surface area contributed by atoms with Crippen molar-refractivity contribution in [3.8, 4) is 0 Å². The number of benzene rings is 1. The molecule has 0 aliphatic carbocycles. The fourth-order valence-electron chi connectivity index (χ4n) is 2.51. The molecule has 1 aliphatic heterocycles. The van der Waals surface area contributed by atoms with E-state index in [-0.39, 0.29) is 40.5 Å². The van der Waals surface area contributed by atoms with Crippen LogP contribution < -0.4 is 5.73 Å². The Balaban J connectivity index is 0.00000242. The Morgan fingerprint density at radius 2 is 2.18 bits per heavy atom. The van der Waals surface area contributed by atoms with Crippen molar-refractivity contribution in [2.45, 2.75) is 29.9 Å². The summed E-state index contributed by atoms with van der Waals surface area (Å²) in [7, 11) is -2.15. The van der Waals surface area contributed by atoms with Crippen molar-refractivity contribution in [3.63, 3.8) is 0 Å². The summed E-state index contributed by atoms with van der Waals surface area (Å²) in [5.74, 6) is -0.604. The number of piperidine rings is 1. The van der Waals surface area contributed by atoms with Gasteiger partial charge in [0.05, 0.1) is 15.5 Å². The first-order valence-corrected chi connectivity index (χ1v) is 8.83. The molecule has 2 atom stereocenters. The monoisotopic (exact) mass is 416 g/mol. The van der Waals surface area contributed by atoms with Crippen molar-refractivity contribution < 1.29 is 17.5 Å². The van der Waals surface area contributed by atoms with Crippen LogP contribution in [0.4, 0.5) is 4.39 Å². The normalized spacial score (nSPS) is 23.1. The molecule has 0 aromatic heterocycles. The number of methoxy groups -OCH3 is 1. The van der Waals surface area contributed by atoms with Crippen molar-refractivity contribution in [1.29, 1.82) is 0 Å². The van der Waals surface area contributed by atoms with Crippen LogP contribution in [0.25, 0.3) is 0 Å². The quantitative estimate of drug-likeness (QED) is 0.814. The summed E-state index contributed by atoms with van der Waals surface area (Å²) in [6.45, 7) is 0.526. The molecule has 126 valence electrons. The smallest absolute Gasteiger partial charge is 0.243 e. The van der Waals surface area contributed by atoms with Gasteiger partial charge < -0.3 is 10.5 Å². The zero-order valence-corrected chi connectivity index (χ0v) is 15.3. The Bertz CT molecular complexity index is 617. The molecular weight excluding hydrogens is 399 g/mol. The summed E-state index contributed by atoms with van der Waals surface area (Å²) in [6.07, 6.45) is 1.16. The molecule has 1 aromatic carbocycles. The molecule has 1 heterocycles. The standard InChI is InChI=1S/C13H18BrFN2O3S.ClH/c1-20-10-4-5-17(9(6-10)8-16)21(18,19)11-2-3-12(14)13(15)7-11;/h2-3,7,9-10H,4-6,8,16H2,1H3;1H. The van der Waals surface area contributed by atoms with E-state index in [2.05, 4.69) is 15.9 Å². The molecule has 1 fully saturated rings. The molecule has 0 spiro atoms. The minimum atomic E-state index is -3.76. The van der Waals surface area contributed by atoms with Crippen LogP contribution in [0.1, 0.15) is 12.8 Å². The van der Waals surface area contributed by atoms with E-state index in [0.29, 0.717) is 19.4 Å². The summed E-state index contributed by atoms with van der Waals surface area (Å²) in [5, 5.41) is 0. The van der Waals surface area contributed by atoms with E-state index < -0.39 is 15.8 Å². The molecule has 5 nitrogen and oxygen atoms in total. The van der Waals surface area contributed by atoms with Gasteiger partial charge in [-0.15, -0.1) is 12.4 Å². The summed E-state index contributed by atoms with van der Waals surface area (Å²) >= 11 is 3.01. The Labute approximate surface area is 144 Å². The maximum atomic E-state index is 13.6. The topological polar surface area (TPSA) is 72.6 Å². The minimum Gasteiger partial charge on any atom is -0.381 e. The lowest BCUT2D eigenvalue weighted by molar-refractivity contribution is 0.0401. The number of hydrogen-bond donors (Lipinski definition) is 1. The molecule has 1 aromatic rings. The molecule has 1 aliphatic rings. The Kier molecular flexibility index (Phi) is 7.22. The lowest BCUT2D eigenvalue weighted by Crippen LogP contribution is -2.51. The van der Waals surface area contributed by atoms with Crippen LogP contribution in [0, 0.1) is 5.82 Å². The number of nitrogens with two attached hydrogens (primary N) is 1. The Hall–Kier alpha value is -0.250. The first kappa shape index (κ1) is 19.8. The Morgan fingerprint density at radius 1 is 1.50 bits per heavy atom. The van der Waals surface area contributed by atoms with Gasteiger partial charge in [0.1, 0.15) is 5.82 Å². The fourth-order valence-corrected chi connectivity index (χ4v) is 4.43. The highest BCUT2D eigenvalue weighted by molar-refractivity contribution is 9.10. The second kappa shape index (κ2) is 8.03. The molecule has 0 radical (unpaired) electrons. The van der Waals surface area contributed by atoms with Gasteiger partial charge in [0.15, 0.2) is 0 Å². The van der Waals surface area contributed by atoms with Crippen molar-refractivity contribution in [2.75, 3.05) is 20.2 Å². The number of ether oxygens (including phenoxy) is 1. The largest absolute Gasteiger partial charge is 0.381 e. The zero-order valence-electron chi connectivity index (χ0n) is 12.0. The van der Waals surface area contributed by atoms with Crippen molar-refractivity contribution in [3.05, 3.63) is 28.5 Å². The highest BCUT2D eigenvalue weighted by Crippen LogP contribution is 2.28. The second-order valence-corrected chi connectivity index (χ2v) is 7.71. The van der Waals surface area contributed by atoms with E-state index >= 15 is 0 Å². The predicted molar refractivity (Wildman–Crippen MR) is 88.1 cm³/mol. The Morgan fingerprint density at radius 3 is 2.73 bits per heavy atom. The molecule has 2 N–H and O–H groups in total. The molecule has 22 heavy (non-hydrogen) atoms. The van der Waals surface area contributed by atoms with Crippen molar-refractivity contribution in [1.82, 2.24) is 4.31 Å². The van der Waals surface area contributed by atoms with Gasteiger partial charge in [-0.1, -0.05) is 0 Å². The van der Waals surface area contributed by atoms with E-state index in [9.17, 15) is 12.8 Å². The van der Waals surface area contributed by atoms with Crippen LogP contribution in [0.3, 0.4) is 0 Å². The first-order valence-electron chi connectivity index (χ1n) is 6.60. The van der Waals surface area contributed by atoms with Gasteiger partial charge in [0.25, 0.3) is 0 Å². The third-order valence-corrected chi connectivity index (χ3v) is 6.31. The molecule has 0 amide bonds.